The molecule has 1 aliphatic heterocycles. The van der Waals surface area contributed by atoms with Crippen LogP contribution < -0.4 is 10.2 Å². The average Bonchev–Trinajstić information content (AvgIpc) is 2.31. The Morgan fingerprint density at radius 1 is 1.06 bits per heavy atom. The normalized spacial score (nSPS) is 25.7. The molecule has 2 heteroatoms. The van der Waals surface area contributed by atoms with Crippen molar-refractivity contribution in [2.45, 2.75) is 52.6 Å². The van der Waals surface area contributed by atoms with Crippen LogP contribution in [0, 0.1) is 13.8 Å². The fourth-order valence-corrected chi connectivity index (χ4v) is 2.78. The van der Waals surface area contributed by atoms with E-state index in [1.807, 2.05) is 0 Å². The molecule has 0 aliphatic carbocycles. The molecule has 0 aromatic heterocycles. The van der Waals surface area contributed by atoms with Crippen molar-refractivity contribution in [3.8, 4) is 0 Å². The van der Waals surface area contributed by atoms with Crippen molar-refractivity contribution in [2.75, 3.05) is 18.0 Å². The van der Waals surface area contributed by atoms with Crippen LogP contribution in [0.15, 0.2) is 18.2 Å². The highest BCUT2D eigenvalue weighted by Gasteiger charge is 2.17. The van der Waals surface area contributed by atoms with Gasteiger partial charge in [-0.3, -0.25) is 0 Å². The van der Waals surface area contributed by atoms with Gasteiger partial charge in [0.25, 0.3) is 0 Å². The van der Waals surface area contributed by atoms with Crippen molar-refractivity contribution < 1.29 is 0 Å². The number of hydrogen-bond donors (Lipinski definition) is 1. The van der Waals surface area contributed by atoms with Gasteiger partial charge in [0.2, 0.25) is 0 Å². The third-order valence-corrected chi connectivity index (χ3v) is 4.15. The summed E-state index contributed by atoms with van der Waals surface area (Å²) in [6, 6.07) is 7.89. The summed E-state index contributed by atoms with van der Waals surface area (Å²) in [4.78, 5) is 2.57. The fourth-order valence-electron chi connectivity index (χ4n) is 2.78. The zero-order chi connectivity index (χ0) is 13.1. The van der Waals surface area contributed by atoms with E-state index in [9.17, 15) is 0 Å². The van der Waals surface area contributed by atoms with Crippen LogP contribution in [0.4, 0.5) is 5.69 Å². The van der Waals surface area contributed by atoms with Gasteiger partial charge >= 0.3 is 0 Å². The van der Waals surface area contributed by atoms with Crippen LogP contribution in [0.25, 0.3) is 0 Å². The quantitative estimate of drug-likeness (QED) is 0.818. The highest BCUT2D eigenvalue weighted by molar-refractivity contribution is 5.56. The van der Waals surface area contributed by atoms with E-state index in [4.69, 9.17) is 0 Å². The first-order valence-corrected chi connectivity index (χ1v) is 7.15. The van der Waals surface area contributed by atoms with Gasteiger partial charge in [-0.2, -0.15) is 0 Å². The van der Waals surface area contributed by atoms with E-state index in [2.05, 4.69) is 56.1 Å². The molecular formula is C16H26N2. The Labute approximate surface area is 111 Å². The van der Waals surface area contributed by atoms with Gasteiger partial charge in [0.05, 0.1) is 0 Å². The molecule has 0 spiro atoms. The number of nitrogens with one attached hydrogen (secondary N) is 1. The molecule has 1 aliphatic rings. The lowest BCUT2D eigenvalue weighted by atomic mass is 10.0. The fraction of sp³-hybridized carbons (Fsp3) is 0.625. The zero-order valence-electron chi connectivity index (χ0n) is 12.2. The number of hydrogen-bond acceptors (Lipinski definition) is 2. The first kappa shape index (κ1) is 13.4. The Bertz CT molecular complexity index is 388. The van der Waals surface area contributed by atoms with Gasteiger partial charge in [0, 0.05) is 30.9 Å². The van der Waals surface area contributed by atoms with Gasteiger partial charge in [0.15, 0.2) is 0 Å². The van der Waals surface area contributed by atoms with Gasteiger partial charge in [-0.25, -0.2) is 0 Å². The first-order valence-electron chi connectivity index (χ1n) is 7.15. The molecule has 1 N–H and O–H groups in total. The van der Waals surface area contributed by atoms with Gasteiger partial charge in [-0.1, -0.05) is 12.1 Å². The van der Waals surface area contributed by atoms with Crippen LogP contribution in [0.5, 0.6) is 0 Å². The molecule has 18 heavy (non-hydrogen) atoms. The molecule has 1 aromatic rings. The summed E-state index contributed by atoms with van der Waals surface area (Å²) in [5.74, 6) is 0. The summed E-state index contributed by atoms with van der Waals surface area (Å²) in [6.07, 6.45) is 2.44. The monoisotopic (exact) mass is 246 g/mol. The maximum absolute atomic E-state index is 3.65. The highest BCUT2D eigenvalue weighted by Crippen LogP contribution is 2.24. The molecule has 0 radical (unpaired) electrons. The lowest BCUT2D eigenvalue weighted by molar-refractivity contribution is 0.404. The Hall–Kier alpha value is -1.02. The molecule has 0 saturated carbocycles. The Kier molecular flexibility index (Phi) is 4.28. The summed E-state index contributed by atoms with van der Waals surface area (Å²) in [7, 11) is 0. The van der Waals surface area contributed by atoms with E-state index in [1.165, 1.54) is 29.7 Å². The molecule has 100 valence electrons. The topological polar surface area (TPSA) is 15.3 Å². The van der Waals surface area contributed by atoms with Crippen molar-refractivity contribution in [3.63, 3.8) is 0 Å². The van der Waals surface area contributed by atoms with Crippen LogP contribution in [-0.4, -0.2) is 25.2 Å². The minimum absolute atomic E-state index is 0.618. The number of rotatable bonds is 1. The minimum atomic E-state index is 0.618. The Morgan fingerprint density at radius 2 is 1.67 bits per heavy atom. The smallest absolute Gasteiger partial charge is 0.0398 e. The maximum Gasteiger partial charge on any atom is 0.0398 e. The molecule has 2 rings (SSSR count). The molecule has 1 fully saturated rings. The second kappa shape index (κ2) is 5.75. The van der Waals surface area contributed by atoms with Crippen LogP contribution >= 0.6 is 0 Å². The molecule has 1 aromatic carbocycles. The summed E-state index contributed by atoms with van der Waals surface area (Å²) in [5, 5.41) is 3.65. The number of benzene rings is 1. The van der Waals surface area contributed by atoms with E-state index in [0.717, 1.165) is 13.1 Å². The lowest BCUT2D eigenvalue weighted by Gasteiger charge is -2.33. The van der Waals surface area contributed by atoms with E-state index in [0.29, 0.717) is 12.1 Å². The molecule has 1 saturated heterocycles. The van der Waals surface area contributed by atoms with E-state index >= 15 is 0 Å². The summed E-state index contributed by atoms with van der Waals surface area (Å²) in [5.41, 5.74) is 4.26. The van der Waals surface area contributed by atoms with Crippen molar-refractivity contribution in [1.82, 2.24) is 5.32 Å². The molecular weight excluding hydrogens is 220 g/mol. The van der Waals surface area contributed by atoms with Crippen molar-refractivity contribution >= 4 is 5.69 Å². The van der Waals surface area contributed by atoms with E-state index in [1.54, 1.807) is 0 Å². The van der Waals surface area contributed by atoms with E-state index < -0.39 is 0 Å². The molecule has 0 amide bonds. The summed E-state index contributed by atoms with van der Waals surface area (Å²) < 4.78 is 0. The predicted octanol–water partition coefficient (Wildman–Crippen LogP) is 3.27. The second-order valence-electron chi connectivity index (χ2n) is 5.75. The Balaban J connectivity index is 2.18. The lowest BCUT2D eigenvalue weighted by Crippen LogP contribution is -2.43. The first-order chi connectivity index (χ1) is 8.58. The van der Waals surface area contributed by atoms with Gasteiger partial charge < -0.3 is 10.2 Å². The van der Waals surface area contributed by atoms with Crippen LogP contribution in [-0.2, 0) is 0 Å². The predicted molar refractivity (Wildman–Crippen MR) is 79.4 cm³/mol. The number of aryl methyl sites for hydroxylation is 1. The summed E-state index contributed by atoms with van der Waals surface area (Å²) in [6.45, 7) is 11.4. The molecule has 0 bridgehead atoms. The zero-order valence-corrected chi connectivity index (χ0v) is 12.2. The van der Waals surface area contributed by atoms with Gasteiger partial charge in [-0.15, -0.1) is 0 Å². The largest absolute Gasteiger partial charge is 0.371 e. The molecule has 2 nitrogen and oxygen atoms in total. The minimum Gasteiger partial charge on any atom is -0.371 e. The van der Waals surface area contributed by atoms with E-state index in [-0.39, 0.29) is 0 Å². The number of anilines is 1. The van der Waals surface area contributed by atoms with Crippen molar-refractivity contribution in [3.05, 3.63) is 29.3 Å². The van der Waals surface area contributed by atoms with Crippen LogP contribution in [0.3, 0.4) is 0 Å². The van der Waals surface area contributed by atoms with Gasteiger partial charge in [0.1, 0.15) is 0 Å². The van der Waals surface area contributed by atoms with Crippen molar-refractivity contribution in [1.29, 1.82) is 0 Å². The third-order valence-electron chi connectivity index (χ3n) is 4.15. The Morgan fingerprint density at radius 3 is 2.28 bits per heavy atom. The second-order valence-corrected chi connectivity index (χ2v) is 5.75. The molecule has 2 atom stereocenters. The molecule has 1 heterocycles. The number of nitrogens with zero attached hydrogens (tertiary/aromatic N) is 1. The van der Waals surface area contributed by atoms with Crippen LogP contribution in [0.1, 0.15) is 37.8 Å². The maximum atomic E-state index is 3.65. The highest BCUT2D eigenvalue weighted by atomic mass is 15.1. The van der Waals surface area contributed by atoms with Crippen LogP contribution in [0.2, 0.25) is 0 Å². The average molecular weight is 246 g/mol. The third kappa shape index (κ3) is 3.05. The van der Waals surface area contributed by atoms with Crippen molar-refractivity contribution in [2.24, 2.45) is 0 Å². The standard InChI is InChI=1S/C16H26N2/c1-12-6-5-7-16(15(12)4)18-10-8-13(2)17-14(3)9-11-18/h5-7,13-14,17H,8-11H2,1-4H3. The van der Waals surface area contributed by atoms with Gasteiger partial charge in [-0.05, 0) is 57.7 Å². The summed E-state index contributed by atoms with van der Waals surface area (Å²) >= 11 is 0. The SMILES string of the molecule is Cc1cccc(N2CCC(C)NC(C)CC2)c1C. The molecule has 2 unspecified atom stereocenters.